The van der Waals surface area contributed by atoms with Gasteiger partial charge in [0.1, 0.15) is 6.04 Å². The quantitative estimate of drug-likeness (QED) is 0.880. The molecule has 1 amide bonds. The van der Waals surface area contributed by atoms with E-state index >= 15 is 0 Å². The van der Waals surface area contributed by atoms with E-state index in [1.165, 1.54) is 4.90 Å². The zero-order chi connectivity index (χ0) is 15.4. The summed E-state index contributed by atoms with van der Waals surface area (Å²) in [7, 11) is 0. The summed E-state index contributed by atoms with van der Waals surface area (Å²) in [5, 5.41) is 9.33. The van der Waals surface area contributed by atoms with Crippen molar-refractivity contribution in [1.82, 2.24) is 4.90 Å². The van der Waals surface area contributed by atoms with Crippen molar-refractivity contribution in [3.05, 3.63) is 35.4 Å². The second-order valence-corrected chi connectivity index (χ2v) is 5.72. The minimum absolute atomic E-state index is 0.200. The molecule has 0 aliphatic carbocycles. The number of nitrogens with two attached hydrogens (primary N) is 1. The molecule has 5 heteroatoms. The number of likely N-dealkylation sites (tertiary alicyclic amines) is 1. The lowest BCUT2D eigenvalue weighted by atomic mass is 9.92. The zero-order valence-corrected chi connectivity index (χ0v) is 12.3. The van der Waals surface area contributed by atoms with Crippen LogP contribution in [0.1, 0.15) is 35.7 Å². The maximum Gasteiger partial charge on any atom is 0.326 e. The first-order valence-corrected chi connectivity index (χ1v) is 7.35. The number of carbonyl (C=O) groups is 2. The number of hydrogen-bond acceptors (Lipinski definition) is 3. The van der Waals surface area contributed by atoms with Gasteiger partial charge in [0.25, 0.3) is 5.91 Å². The smallest absolute Gasteiger partial charge is 0.326 e. The molecule has 1 fully saturated rings. The highest BCUT2D eigenvalue weighted by Crippen LogP contribution is 2.24. The fraction of sp³-hybridized carbons (Fsp3) is 0.500. The van der Waals surface area contributed by atoms with Gasteiger partial charge >= 0.3 is 5.97 Å². The van der Waals surface area contributed by atoms with E-state index in [1.54, 1.807) is 12.1 Å². The third-order valence-corrected chi connectivity index (χ3v) is 4.04. The summed E-state index contributed by atoms with van der Waals surface area (Å²) in [6, 6.07) is 6.55. The zero-order valence-electron chi connectivity index (χ0n) is 12.3. The first-order chi connectivity index (χ1) is 10.0. The topological polar surface area (TPSA) is 83.6 Å². The number of rotatable bonds is 4. The normalized spacial score (nSPS) is 22.1. The van der Waals surface area contributed by atoms with E-state index in [4.69, 9.17) is 5.73 Å². The van der Waals surface area contributed by atoms with Crippen LogP contribution in [0, 0.1) is 5.92 Å². The van der Waals surface area contributed by atoms with Crippen molar-refractivity contribution in [2.24, 2.45) is 11.7 Å². The standard InChI is InChI=1S/C16H22N2O3/c1-11-7-9-18(14(10-11)16(20)21)15(19)13-4-2-12(3-5-13)6-8-17/h2-5,11,14H,6-10,17H2,1H3,(H,20,21). The molecule has 5 nitrogen and oxygen atoms in total. The second kappa shape index (κ2) is 6.72. The highest BCUT2D eigenvalue weighted by molar-refractivity contribution is 5.96. The molecule has 0 bridgehead atoms. The van der Waals surface area contributed by atoms with Crippen LogP contribution in [0.5, 0.6) is 0 Å². The number of carboxylic acid groups (broad SMARTS) is 1. The van der Waals surface area contributed by atoms with Gasteiger partial charge in [-0.2, -0.15) is 0 Å². The van der Waals surface area contributed by atoms with Crippen molar-refractivity contribution < 1.29 is 14.7 Å². The Kier molecular flexibility index (Phi) is 4.96. The molecule has 2 unspecified atom stereocenters. The van der Waals surface area contributed by atoms with Crippen LogP contribution in [0.15, 0.2) is 24.3 Å². The van der Waals surface area contributed by atoms with Crippen molar-refractivity contribution in [2.45, 2.75) is 32.2 Å². The van der Waals surface area contributed by atoms with Crippen LogP contribution in [0.2, 0.25) is 0 Å². The molecule has 114 valence electrons. The van der Waals surface area contributed by atoms with E-state index in [9.17, 15) is 14.7 Å². The first-order valence-electron chi connectivity index (χ1n) is 7.35. The van der Waals surface area contributed by atoms with Crippen molar-refractivity contribution in [3.8, 4) is 0 Å². The summed E-state index contributed by atoms with van der Waals surface area (Å²) >= 11 is 0. The monoisotopic (exact) mass is 290 g/mol. The molecule has 0 radical (unpaired) electrons. The Labute approximate surface area is 124 Å². The molecule has 1 aliphatic rings. The molecular weight excluding hydrogens is 268 g/mol. The van der Waals surface area contributed by atoms with Crippen LogP contribution in [0.25, 0.3) is 0 Å². The van der Waals surface area contributed by atoms with E-state index in [2.05, 4.69) is 0 Å². The minimum Gasteiger partial charge on any atom is -0.480 e. The van der Waals surface area contributed by atoms with Crippen LogP contribution in [-0.4, -0.2) is 41.0 Å². The molecule has 21 heavy (non-hydrogen) atoms. The van der Waals surface area contributed by atoms with E-state index in [-0.39, 0.29) is 5.91 Å². The Balaban J connectivity index is 2.15. The van der Waals surface area contributed by atoms with Gasteiger partial charge < -0.3 is 15.7 Å². The molecule has 1 aliphatic heterocycles. The minimum atomic E-state index is -0.922. The molecule has 0 aromatic heterocycles. The fourth-order valence-corrected chi connectivity index (χ4v) is 2.77. The van der Waals surface area contributed by atoms with Gasteiger partial charge in [0.15, 0.2) is 0 Å². The lowest BCUT2D eigenvalue weighted by Crippen LogP contribution is -2.49. The summed E-state index contributed by atoms with van der Waals surface area (Å²) < 4.78 is 0. The van der Waals surface area contributed by atoms with Crippen LogP contribution in [0.4, 0.5) is 0 Å². The molecule has 2 rings (SSSR count). The number of carbonyl (C=O) groups excluding carboxylic acids is 1. The summed E-state index contributed by atoms with van der Waals surface area (Å²) in [4.78, 5) is 25.4. The van der Waals surface area contributed by atoms with Gasteiger partial charge in [0.2, 0.25) is 0 Å². The maximum absolute atomic E-state index is 12.5. The van der Waals surface area contributed by atoms with Gasteiger partial charge in [0.05, 0.1) is 0 Å². The van der Waals surface area contributed by atoms with E-state index in [0.717, 1.165) is 18.4 Å². The third-order valence-electron chi connectivity index (χ3n) is 4.04. The molecule has 1 aromatic rings. The van der Waals surface area contributed by atoms with Gasteiger partial charge in [-0.25, -0.2) is 4.79 Å². The molecule has 1 saturated heterocycles. The summed E-state index contributed by atoms with van der Waals surface area (Å²) in [5.41, 5.74) is 7.12. The summed E-state index contributed by atoms with van der Waals surface area (Å²) in [6.45, 7) is 3.10. The van der Waals surface area contributed by atoms with Crippen LogP contribution < -0.4 is 5.73 Å². The Morgan fingerprint density at radius 2 is 2.00 bits per heavy atom. The predicted molar refractivity (Wildman–Crippen MR) is 80.1 cm³/mol. The number of carboxylic acids is 1. The van der Waals surface area contributed by atoms with Gasteiger partial charge in [-0.05, 0) is 49.4 Å². The average molecular weight is 290 g/mol. The second-order valence-electron chi connectivity index (χ2n) is 5.72. The first kappa shape index (κ1) is 15.5. The van der Waals surface area contributed by atoms with Gasteiger partial charge in [0, 0.05) is 12.1 Å². The highest BCUT2D eigenvalue weighted by Gasteiger charge is 2.35. The van der Waals surface area contributed by atoms with Gasteiger partial charge in [-0.3, -0.25) is 4.79 Å². The molecule has 1 heterocycles. The van der Waals surface area contributed by atoms with Crippen molar-refractivity contribution in [3.63, 3.8) is 0 Å². The molecule has 3 N–H and O–H groups in total. The average Bonchev–Trinajstić information content (AvgIpc) is 2.47. The maximum atomic E-state index is 12.5. The Hall–Kier alpha value is -1.88. The number of piperidine rings is 1. The fourth-order valence-electron chi connectivity index (χ4n) is 2.77. The number of hydrogen-bond donors (Lipinski definition) is 2. The van der Waals surface area contributed by atoms with Crippen LogP contribution in [0.3, 0.4) is 0 Å². The summed E-state index contributed by atoms with van der Waals surface area (Å²) in [6.07, 6.45) is 2.14. The molecule has 0 saturated carbocycles. The van der Waals surface area contributed by atoms with Crippen molar-refractivity contribution in [1.29, 1.82) is 0 Å². The SMILES string of the molecule is CC1CCN(C(=O)c2ccc(CCN)cc2)C(C(=O)O)C1. The Bertz CT molecular complexity index is 513. The lowest BCUT2D eigenvalue weighted by Gasteiger charge is -2.36. The third kappa shape index (κ3) is 3.61. The van der Waals surface area contributed by atoms with Gasteiger partial charge in [-0.1, -0.05) is 19.1 Å². The van der Waals surface area contributed by atoms with Crippen LogP contribution in [-0.2, 0) is 11.2 Å². The number of amides is 1. The predicted octanol–water partition coefficient (Wildman–Crippen LogP) is 1.51. The van der Waals surface area contributed by atoms with E-state index < -0.39 is 12.0 Å². The largest absolute Gasteiger partial charge is 0.480 e. The number of aliphatic carboxylic acids is 1. The number of benzene rings is 1. The van der Waals surface area contributed by atoms with Crippen molar-refractivity contribution in [2.75, 3.05) is 13.1 Å². The van der Waals surface area contributed by atoms with Crippen molar-refractivity contribution >= 4 is 11.9 Å². The van der Waals surface area contributed by atoms with Gasteiger partial charge in [-0.15, -0.1) is 0 Å². The van der Waals surface area contributed by atoms with E-state index in [0.29, 0.717) is 31.0 Å². The Morgan fingerprint density at radius 1 is 1.33 bits per heavy atom. The molecule has 0 spiro atoms. The molecule has 1 aromatic carbocycles. The lowest BCUT2D eigenvalue weighted by molar-refractivity contribution is -0.144. The number of nitrogens with zero attached hydrogens (tertiary/aromatic N) is 1. The Morgan fingerprint density at radius 3 is 2.57 bits per heavy atom. The van der Waals surface area contributed by atoms with E-state index in [1.807, 2.05) is 19.1 Å². The summed E-state index contributed by atoms with van der Waals surface area (Å²) in [5.74, 6) is -0.787. The van der Waals surface area contributed by atoms with Crippen LogP contribution >= 0.6 is 0 Å². The molecular formula is C16H22N2O3. The highest BCUT2D eigenvalue weighted by atomic mass is 16.4. The molecule has 2 atom stereocenters.